The third kappa shape index (κ3) is 4.09. The first kappa shape index (κ1) is 18.1. The summed E-state index contributed by atoms with van der Waals surface area (Å²) >= 11 is 11.7. The van der Waals surface area contributed by atoms with Crippen molar-refractivity contribution in [3.8, 4) is 11.3 Å². The molecule has 0 aliphatic carbocycles. The number of halogens is 2. The van der Waals surface area contributed by atoms with Crippen LogP contribution in [0.4, 0.5) is 5.69 Å². The number of likely N-dealkylation sites (N-methyl/N-ethyl adjacent to an activating group) is 1. The Morgan fingerprint density at radius 1 is 1.04 bits per heavy atom. The quantitative estimate of drug-likeness (QED) is 0.687. The number of anilines is 1. The zero-order chi connectivity index (χ0) is 18.7. The molecular weight excluding hydrogens is 375 g/mol. The van der Waals surface area contributed by atoms with Gasteiger partial charge in [0.15, 0.2) is 0 Å². The Morgan fingerprint density at radius 3 is 2.23 bits per heavy atom. The van der Waals surface area contributed by atoms with E-state index in [1.54, 1.807) is 55.6 Å². The largest absolute Gasteiger partial charge is 0.364 e. The molecule has 8 heteroatoms. The molecule has 132 valence electrons. The number of benzene rings is 2. The summed E-state index contributed by atoms with van der Waals surface area (Å²) in [5, 5.41) is 5.40. The molecule has 0 fully saturated rings. The maximum atomic E-state index is 12.5. The van der Waals surface area contributed by atoms with E-state index in [0.717, 1.165) is 10.2 Å². The van der Waals surface area contributed by atoms with Gasteiger partial charge in [-0.3, -0.25) is 4.79 Å². The number of nitrogens with zero attached hydrogens (tertiary/aromatic N) is 4. The first-order chi connectivity index (χ1) is 12.4. The first-order valence-electron chi connectivity index (χ1n) is 7.66. The molecule has 6 nitrogen and oxygen atoms in total. The maximum absolute atomic E-state index is 12.5. The molecule has 0 atom stereocenters. The van der Waals surface area contributed by atoms with E-state index in [9.17, 15) is 9.59 Å². The summed E-state index contributed by atoms with van der Waals surface area (Å²) in [7, 11) is 1.62. The highest BCUT2D eigenvalue weighted by atomic mass is 35.5. The number of amides is 1. The Kier molecular flexibility index (Phi) is 5.35. The van der Waals surface area contributed by atoms with Gasteiger partial charge in [-0.05, 0) is 36.4 Å². The van der Waals surface area contributed by atoms with Crippen molar-refractivity contribution < 1.29 is 4.79 Å². The summed E-state index contributed by atoms with van der Waals surface area (Å²) in [6.45, 7) is -0.230. The summed E-state index contributed by atoms with van der Waals surface area (Å²) in [5.74, 6) is -0.308. The van der Waals surface area contributed by atoms with Gasteiger partial charge in [0.25, 0.3) is 0 Å². The van der Waals surface area contributed by atoms with E-state index in [1.807, 2.05) is 0 Å². The van der Waals surface area contributed by atoms with Crippen molar-refractivity contribution in [3.63, 3.8) is 0 Å². The van der Waals surface area contributed by atoms with Crippen molar-refractivity contribution >= 4 is 34.8 Å². The third-order valence-corrected chi connectivity index (χ3v) is 4.26. The maximum Gasteiger partial charge on any atom is 0.364 e. The fourth-order valence-electron chi connectivity index (χ4n) is 2.28. The topological polar surface area (TPSA) is 68.1 Å². The lowest BCUT2D eigenvalue weighted by Gasteiger charge is -2.17. The molecule has 26 heavy (non-hydrogen) atoms. The normalized spacial score (nSPS) is 10.6. The molecular formula is C18H14Cl2N4O2. The molecule has 0 N–H and O–H groups in total. The zero-order valence-corrected chi connectivity index (χ0v) is 15.3. The minimum atomic E-state index is -0.597. The van der Waals surface area contributed by atoms with Crippen LogP contribution in [0.1, 0.15) is 0 Å². The first-order valence-corrected chi connectivity index (χ1v) is 8.42. The Morgan fingerprint density at radius 2 is 1.62 bits per heavy atom. The third-order valence-electron chi connectivity index (χ3n) is 3.76. The van der Waals surface area contributed by atoms with Gasteiger partial charge in [0.05, 0.1) is 6.20 Å². The van der Waals surface area contributed by atoms with Gasteiger partial charge >= 0.3 is 5.69 Å². The van der Waals surface area contributed by atoms with Gasteiger partial charge in [-0.2, -0.15) is 10.1 Å². The lowest BCUT2D eigenvalue weighted by Crippen LogP contribution is -2.36. The molecule has 0 saturated heterocycles. The molecule has 0 aliphatic rings. The lowest BCUT2D eigenvalue weighted by atomic mass is 10.2. The Hall–Kier alpha value is -2.70. The number of rotatable bonds is 4. The predicted molar refractivity (Wildman–Crippen MR) is 102 cm³/mol. The van der Waals surface area contributed by atoms with Gasteiger partial charge in [0, 0.05) is 28.3 Å². The summed E-state index contributed by atoms with van der Waals surface area (Å²) in [6.07, 6.45) is 1.37. The standard InChI is InChI=1S/C18H14Cl2N4O2/c1-23(15-8-6-14(20)7-9-15)17(25)11-24-18(26)21-10-16(22-24)12-2-4-13(19)5-3-12/h2-10H,11H2,1H3. The van der Waals surface area contributed by atoms with Crippen LogP contribution in [0.3, 0.4) is 0 Å². The average Bonchev–Trinajstić information content (AvgIpc) is 2.64. The molecule has 3 aromatic rings. The smallest absolute Gasteiger partial charge is 0.314 e. The van der Waals surface area contributed by atoms with E-state index >= 15 is 0 Å². The van der Waals surface area contributed by atoms with E-state index in [4.69, 9.17) is 23.2 Å². The summed E-state index contributed by atoms with van der Waals surface area (Å²) in [6, 6.07) is 13.8. The second-order valence-corrected chi connectivity index (χ2v) is 6.39. The molecule has 0 unspecified atom stereocenters. The van der Waals surface area contributed by atoms with Crippen LogP contribution >= 0.6 is 23.2 Å². The fourth-order valence-corrected chi connectivity index (χ4v) is 2.53. The molecule has 0 bridgehead atoms. The number of aromatic nitrogens is 3. The summed E-state index contributed by atoms with van der Waals surface area (Å²) in [4.78, 5) is 29.7. The van der Waals surface area contributed by atoms with Crippen molar-refractivity contribution in [2.75, 3.05) is 11.9 Å². The van der Waals surface area contributed by atoms with Crippen LogP contribution < -0.4 is 10.6 Å². The molecule has 0 aliphatic heterocycles. The van der Waals surface area contributed by atoms with Crippen LogP contribution in [-0.2, 0) is 11.3 Å². The highest BCUT2D eigenvalue weighted by molar-refractivity contribution is 6.30. The van der Waals surface area contributed by atoms with Crippen LogP contribution in [0.5, 0.6) is 0 Å². The van der Waals surface area contributed by atoms with Gasteiger partial charge in [0.2, 0.25) is 5.91 Å². The Bertz CT molecular complexity index is 985. The minimum absolute atomic E-state index is 0.230. The fraction of sp³-hybridized carbons (Fsp3) is 0.111. The van der Waals surface area contributed by atoms with Crippen molar-refractivity contribution in [2.45, 2.75) is 6.54 Å². The molecule has 0 spiro atoms. The van der Waals surface area contributed by atoms with Crippen LogP contribution in [0, 0.1) is 0 Å². The number of carbonyl (C=O) groups excluding carboxylic acids is 1. The SMILES string of the molecule is CN(C(=O)Cn1nc(-c2ccc(Cl)cc2)cnc1=O)c1ccc(Cl)cc1. The molecule has 0 saturated carbocycles. The van der Waals surface area contributed by atoms with Crippen molar-refractivity contribution in [1.29, 1.82) is 0 Å². The number of carbonyl (C=O) groups is 1. The van der Waals surface area contributed by atoms with E-state index in [1.165, 1.54) is 11.1 Å². The second kappa shape index (κ2) is 7.68. The number of hydrogen-bond acceptors (Lipinski definition) is 4. The predicted octanol–water partition coefficient (Wildman–Crippen LogP) is 3.28. The van der Waals surface area contributed by atoms with E-state index in [0.29, 0.717) is 21.4 Å². The van der Waals surface area contributed by atoms with Crippen LogP contribution in [0.15, 0.2) is 59.5 Å². The highest BCUT2D eigenvalue weighted by Crippen LogP contribution is 2.19. The van der Waals surface area contributed by atoms with Crippen LogP contribution in [0.25, 0.3) is 11.3 Å². The van der Waals surface area contributed by atoms with Gasteiger partial charge < -0.3 is 4.90 Å². The molecule has 1 heterocycles. The van der Waals surface area contributed by atoms with Gasteiger partial charge in [-0.1, -0.05) is 35.3 Å². The molecule has 1 aromatic heterocycles. The molecule has 1 amide bonds. The Labute approximate surface area is 159 Å². The second-order valence-electron chi connectivity index (χ2n) is 5.52. The van der Waals surface area contributed by atoms with Crippen molar-refractivity contribution in [3.05, 3.63) is 75.3 Å². The van der Waals surface area contributed by atoms with E-state index in [2.05, 4.69) is 10.1 Å². The van der Waals surface area contributed by atoms with E-state index in [-0.39, 0.29) is 12.5 Å². The van der Waals surface area contributed by atoms with Crippen LogP contribution in [-0.4, -0.2) is 27.7 Å². The van der Waals surface area contributed by atoms with Gasteiger partial charge in [-0.25, -0.2) is 9.48 Å². The summed E-state index contributed by atoms with van der Waals surface area (Å²) in [5.41, 5.74) is 1.28. The van der Waals surface area contributed by atoms with Crippen molar-refractivity contribution in [1.82, 2.24) is 14.8 Å². The molecule has 2 aromatic carbocycles. The average molecular weight is 389 g/mol. The van der Waals surface area contributed by atoms with Gasteiger partial charge in [0.1, 0.15) is 12.2 Å². The number of hydrogen-bond donors (Lipinski definition) is 0. The lowest BCUT2D eigenvalue weighted by molar-refractivity contribution is -0.119. The molecule has 3 rings (SSSR count). The molecule has 0 radical (unpaired) electrons. The summed E-state index contributed by atoms with van der Waals surface area (Å²) < 4.78 is 1.04. The van der Waals surface area contributed by atoms with Crippen LogP contribution in [0.2, 0.25) is 10.0 Å². The zero-order valence-electron chi connectivity index (χ0n) is 13.8. The van der Waals surface area contributed by atoms with Gasteiger partial charge in [-0.15, -0.1) is 0 Å². The Balaban J connectivity index is 1.83. The highest BCUT2D eigenvalue weighted by Gasteiger charge is 2.14. The van der Waals surface area contributed by atoms with Crippen molar-refractivity contribution in [2.24, 2.45) is 0 Å². The minimum Gasteiger partial charge on any atom is -0.314 e. The monoisotopic (exact) mass is 388 g/mol. The van der Waals surface area contributed by atoms with E-state index < -0.39 is 5.69 Å².